The number of halogens is 1. The van der Waals surface area contributed by atoms with Gasteiger partial charge in [-0.3, -0.25) is 14.4 Å². The van der Waals surface area contributed by atoms with Gasteiger partial charge in [0.15, 0.2) is 0 Å². The van der Waals surface area contributed by atoms with E-state index >= 15 is 0 Å². The topological polar surface area (TPSA) is 93.1 Å². The molecule has 0 spiro atoms. The van der Waals surface area contributed by atoms with E-state index in [1.807, 2.05) is 6.07 Å². The number of anilines is 1. The van der Waals surface area contributed by atoms with Crippen LogP contribution < -0.4 is 16.2 Å². The fraction of sp³-hybridized carbons (Fsp3) is 0.130. The number of amides is 2. The minimum absolute atomic E-state index is 0.188. The second-order valence-electron chi connectivity index (χ2n) is 7.24. The zero-order valence-corrected chi connectivity index (χ0v) is 18.1. The number of hydrogen-bond acceptors (Lipinski definition) is 5. The van der Waals surface area contributed by atoms with Crippen molar-refractivity contribution in [1.29, 1.82) is 0 Å². The van der Waals surface area contributed by atoms with Crippen molar-refractivity contribution < 1.29 is 14.0 Å². The van der Waals surface area contributed by atoms with Crippen molar-refractivity contribution >= 4 is 39.1 Å². The first-order valence-electron chi connectivity index (χ1n) is 9.72. The normalized spacial score (nSPS) is 10.8. The molecule has 0 fully saturated rings. The number of fused-ring (bicyclic) bond motifs is 1. The molecule has 0 radical (unpaired) electrons. The average molecular weight is 450 g/mol. The smallest absolute Gasteiger partial charge is 0.262 e. The maximum Gasteiger partial charge on any atom is 0.262 e. The molecule has 7 nitrogen and oxygen atoms in total. The van der Waals surface area contributed by atoms with E-state index in [0.29, 0.717) is 31.9 Å². The predicted octanol–water partition coefficient (Wildman–Crippen LogP) is 3.62. The first kappa shape index (κ1) is 21.4. The summed E-state index contributed by atoms with van der Waals surface area (Å²) in [6.45, 7) is 1.97. The van der Waals surface area contributed by atoms with Gasteiger partial charge in [-0.05, 0) is 54.4 Å². The molecular formula is C23H19FN4O3S. The second kappa shape index (κ2) is 8.72. The fourth-order valence-corrected chi connectivity index (χ4v) is 4.31. The van der Waals surface area contributed by atoms with Crippen LogP contribution in [0.3, 0.4) is 0 Å². The molecular weight excluding hydrogens is 431 g/mol. The minimum Gasteiger partial charge on any atom is -0.347 e. The molecule has 0 aliphatic rings. The molecule has 0 aliphatic heterocycles. The highest BCUT2D eigenvalue weighted by atomic mass is 32.1. The zero-order valence-electron chi connectivity index (χ0n) is 17.3. The van der Waals surface area contributed by atoms with Crippen LogP contribution in [0.25, 0.3) is 10.2 Å². The quantitative estimate of drug-likeness (QED) is 0.486. The van der Waals surface area contributed by atoms with Crippen LogP contribution in [0.5, 0.6) is 0 Å². The van der Waals surface area contributed by atoms with Crippen molar-refractivity contribution in [1.82, 2.24) is 14.9 Å². The predicted molar refractivity (Wildman–Crippen MR) is 122 cm³/mol. The molecule has 0 unspecified atom stereocenters. The number of rotatable bonds is 5. The Hall–Kier alpha value is -3.85. The Morgan fingerprint density at radius 3 is 2.62 bits per heavy atom. The molecule has 4 rings (SSSR count). The van der Waals surface area contributed by atoms with Gasteiger partial charge in [-0.25, -0.2) is 9.37 Å². The summed E-state index contributed by atoms with van der Waals surface area (Å²) in [5.41, 5.74) is 2.09. The minimum atomic E-state index is -0.413. The third-order valence-corrected chi connectivity index (χ3v) is 6.16. The summed E-state index contributed by atoms with van der Waals surface area (Å²) >= 11 is 1.18. The van der Waals surface area contributed by atoms with E-state index in [0.717, 1.165) is 5.56 Å². The molecule has 4 aromatic rings. The highest BCUT2D eigenvalue weighted by Gasteiger charge is 2.19. The molecule has 0 saturated heterocycles. The molecule has 0 atom stereocenters. The Balaban J connectivity index is 1.46. The van der Waals surface area contributed by atoms with Gasteiger partial charge in [0.25, 0.3) is 17.4 Å². The number of carbonyl (C=O) groups is 2. The van der Waals surface area contributed by atoms with Gasteiger partial charge in [0.05, 0.1) is 16.6 Å². The van der Waals surface area contributed by atoms with Crippen LogP contribution in [0.2, 0.25) is 0 Å². The first-order chi connectivity index (χ1) is 15.3. The number of hydrogen-bond donors (Lipinski definition) is 2. The summed E-state index contributed by atoms with van der Waals surface area (Å²) in [5.74, 6) is -1.07. The molecule has 162 valence electrons. The van der Waals surface area contributed by atoms with Gasteiger partial charge in [-0.2, -0.15) is 0 Å². The van der Waals surface area contributed by atoms with Crippen molar-refractivity contribution in [2.24, 2.45) is 7.05 Å². The molecule has 2 aromatic heterocycles. The van der Waals surface area contributed by atoms with E-state index in [1.165, 1.54) is 46.5 Å². The van der Waals surface area contributed by atoms with E-state index in [-0.39, 0.29) is 23.9 Å². The zero-order chi connectivity index (χ0) is 22.8. The lowest BCUT2D eigenvalue weighted by Gasteiger charge is -2.09. The highest BCUT2D eigenvalue weighted by Crippen LogP contribution is 2.26. The number of nitrogens with zero attached hydrogens (tertiary/aromatic N) is 2. The third kappa shape index (κ3) is 4.28. The summed E-state index contributed by atoms with van der Waals surface area (Å²) in [7, 11) is 1.62. The van der Waals surface area contributed by atoms with Crippen LogP contribution in [0.15, 0.2) is 59.7 Å². The lowest BCUT2D eigenvalue weighted by atomic mass is 10.1. The SMILES string of the molecule is Cc1c(C(=O)NCc2cccc(NC(=O)c3ccc(F)cc3)c2)sc2ncn(C)c(=O)c12. The number of nitrogens with one attached hydrogen (secondary N) is 2. The molecule has 2 heterocycles. The van der Waals surface area contributed by atoms with Gasteiger partial charge < -0.3 is 15.2 Å². The standard InChI is InChI=1S/C23H19FN4O3S/c1-13-18-22(26-12-28(2)23(18)31)32-19(13)21(30)25-11-14-4-3-5-17(10-14)27-20(29)15-6-8-16(24)9-7-15/h3-10,12H,11H2,1-2H3,(H,25,30)(H,27,29). The maximum absolute atomic E-state index is 13.0. The van der Waals surface area contributed by atoms with Crippen LogP contribution in [-0.4, -0.2) is 21.4 Å². The van der Waals surface area contributed by atoms with Crippen LogP contribution in [0.1, 0.15) is 31.2 Å². The molecule has 2 aromatic carbocycles. The Morgan fingerprint density at radius 2 is 1.88 bits per heavy atom. The second-order valence-corrected chi connectivity index (χ2v) is 8.24. The number of aryl methyl sites for hydroxylation is 2. The van der Waals surface area contributed by atoms with Crippen molar-refractivity contribution in [3.05, 3.63) is 92.6 Å². The molecule has 2 N–H and O–H groups in total. The number of benzene rings is 2. The van der Waals surface area contributed by atoms with Gasteiger partial charge in [-0.15, -0.1) is 11.3 Å². The number of carbonyl (C=O) groups excluding carboxylic acids is 2. The summed E-state index contributed by atoms with van der Waals surface area (Å²) in [6, 6.07) is 12.3. The van der Waals surface area contributed by atoms with E-state index < -0.39 is 5.82 Å². The average Bonchev–Trinajstić information content (AvgIpc) is 3.12. The van der Waals surface area contributed by atoms with E-state index in [1.54, 1.807) is 32.2 Å². The van der Waals surface area contributed by atoms with Crippen LogP contribution >= 0.6 is 11.3 Å². The molecule has 9 heteroatoms. The Labute approximate surface area is 186 Å². The summed E-state index contributed by atoms with van der Waals surface area (Å²) in [6.07, 6.45) is 1.44. The summed E-state index contributed by atoms with van der Waals surface area (Å²) < 4.78 is 14.4. The lowest BCUT2D eigenvalue weighted by molar-refractivity contribution is 0.0953. The monoisotopic (exact) mass is 450 g/mol. The van der Waals surface area contributed by atoms with E-state index in [9.17, 15) is 18.8 Å². The molecule has 32 heavy (non-hydrogen) atoms. The maximum atomic E-state index is 13.0. The lowest BCUT2D eigenvalue weighted by Crippen LogP contribution is -2.23. The van der Waals surface area contributed by atoms with Gasteiger partial charge in [0.1, 0.15) is 10.6 Å². The molecule has 2 amide bonds. The van der Waals surface area contributed by atoms with Crippen molar-refractivity contribution in [3.63, 3.8) is 0 Å². The fourth-order valence-electron chi connectivity index (χ4n) is 3.25. The number of thiophene rings is 1. The molecule has 0 bridgehead atoms. The van der Waals surface area contributed by atoms with Crippen molar-refractivity contribution in [2.75, 3.05) is 5.32 Å². The van der Waals surface area contributed by atoms with E-state index in [2.05, 4.69) is 15.6 Å². The third-order valence-electron chi connectivity index (χ3n) is 4.96. The van der Waals surface area contributed by atoms with Crippen LogP contribution in [-0.2, 0) is 13.6 Å². The van der Waals surface area contributed by atoms with Gasteiger partial charge in [-0.1, -0.05) is 12.1 Å². The van der Waals surface area contributed by atoms with Gasteiger partial charge in [0, 0.05) is 24.8 Å². The Bertz CT molecular complexity index is 1390. The first-order valence-corrected chi connectivity index (χ1v) is 10.5. The molecule has 0 aliphatic carbocycles. The largest absolute Gasteiger partial charge is 0.347 e. The van der Waals surface area contributed by atoms with Crippen molar-refractivity contribution in [2.45, 2.75) is 13.5 Å². The number of aromatic nitrogens is 2. The highest BCUT2D eigenvalue weighted by molar-refractivity contribution is 7.20. The Morgan fingerprint density at radius 1 is 1.12 bits per heavy atom. The van der Waals surface area contributed by atoms with Crippen LogP contribution in [0, 0.1) is 12.7 Å². The van der Waals surface area contributed by atoms with Crippen LogP contribution in [0.4, 0.5) is 10.1 Å². The van der Waals surface area contributed by atoms with Gasteiger partial charge in [0.2, 0.25) is 0 Å². The Kier molecular flexibility index (Phi) is 5.83. The van der Waals surface area contributed by atoms with E-state index in [4.69, 9.17) is 0 Å². The summed E-state index contributed by atoms with van der Waals surface area (Å²) in [5, 5.41) is 6.06. The molecule has 0 saturated carbocycles. The summed E-state index contributed by atoms with van der Waals surface area (Å²) in [4.78, 5) is 42.6. The van der Waals surface area contributed by atoms with Crippen molar-refractivity contribution in [3.8, 4) is 0 Å². The van der Waals surface area contributed by atoms with Gasteiger partial charge >= 0.3 is 0 Å².